The van der Waals surface area contributed by atoms with Crippen LogP contribution in [0.15, 0.2) is 51.1 Å². The van der Waals surface area contributed by atoms with E-state index in [1.165, 1.54) is 17.5 Å². The smallest absolute Gasteiger partial charge is 0.256 e. The normalized spacial score (nSPS) is 17.7. The van der Waals surface area contributed by atoms with Crippen molar-refractivity contribution < 1.29 is 10.5 Å². The summed E-state index contributed by atoms with van der Waals surface area (Å²) in [5.74, 6) is 1.30. The highest BCUT2D eigenvalue weighted by Crippen LogP contribution is 2.33. The lowest BCUT2D eigenvalue weighted by Crippen LogP contribution is -2.51. The van der Waals surface area contributed by atoms with Crippen molar-refractivity contribution >= 4 is 49.7 Å². The number of rotatable bonds is 4. The van der Waals surface area contributed by atoms with Gasteiger partial charge >= 0.3 is 0 Å². The maximum absolute atomic E-state index is 11.8. The fourth-order valence-corrected chi connectivity index (χ4v) is 5.78. The SMILES string of the molecule is [NH3+]CCSCC(=O)N=C1C=CC2=c3ccccc3=IC2=C1. The summed E-state index contributed by atoms with van der Waals surface area (Å²) in [5.41, 5.74) is 5.88. The second-order valence-corrected chi connectivity index (χ2v) is 8.62. The van der Waals surface area contributed by atoms with Crippen LogP contribution < -0.4 is 11.0 Å². The number of quaternary nitrogens is 1. The van der Waals surface area contributed by atoms with Gasteiger partial charge in [-0.05, 0) is 29.0 Å². The third kappa shape index (κ3) is 3.41. The molecule has 1 heterocycles. The molecule has 0 radical (unpaired) electrons. The third-order valence-corrected chi connectivity index (χ3v) is 7.11. The maximum Gasteiger partial charge on any atom is 0.256 e. The van der Waals surface area contributed by atoms with Crippen LogP contribution in [-0.4, -0.2) is 29.7 Å². The van der Waals surface area contributed by atoms with Crippen LogP contribution >= 0.6 is 32.5 Å². The minimum Gasteiger partial charge on any atom is -0.357 e. The Morgan fingerprint density at radius 3 is 3.00 bits per heavy atom. The zero-order valence-corrected chi connectivity index (χ0v) is 14.5. The summed E-state index contributed by atoms with van der Waals surface area (Å²) < 4.78 is 2.83. The fourth-order valence-electron chi connectivity index (χ4n) is 2.18. The van der Waals surface area contributed by atoms with Gasteiger partial charge in [0.2, 0.25) is 0 Å². The van der Waals surface area contributed by atoms with E-state index in [4.69, 9.17) is 0 Å². The lowest BCUT2D eigenvalue weighted by Gasteiger charge is -2.06. The summed E-state index contributed by atoms with van der Waals surface area (Å²) in [6, 6.07) is 8.57. The van der Waals surface area contributed by atoms with Crippen molar-refractivity contribution in [2.24, 2.45) is 4.99 Å². The monoisotopic (exact) mass is 411 g/mol. The second kappa shape index (κ2) is 6.81. The van der Waals surface area contributed by atoms with Crippen molar-refractivity contribution in [1.82, 2.24) is 0 Å². The van der Waals surface area contributed by atoms with E-state index in [0.717, 1.165) is 18.0 Å². The molecule has 3 rings (SSSR count). The first-order valence-electron chi connectivity index (χ1n) is 6.78. The number of nitrogens with zero attached hydrogens (tertiary/aromatic N) is 1. The van der Waals surface area contributed by atoms with E-state index in [0.29, 0.717) is 5.75 Å². The minimum atomic E-state index is -0.139. The Kier molecular flexibility index (Phi) is 4.82. The molecule has 1 aliphatic carbocycles. The van der Waals surface area contributed by atoms with Crippen molar-refractivity contribution in [2.75, 3.05) is 18.1 Å². The summed E-state index contributed by atoms with van der Waals surface area (Å²) in [6.45, 7) is 0.847. The number of hydrogen-bond donors (Lipinski definition) is 1. The van der Waals surface area contributed by atoms with Crippen LogP contribution in [0, 0.1) is 3.15 Å². The lowest BCUT2D eigenvalue weighted by atomic mass is 10.1. The van der Waals surface area contributed by atoms with Crippen molar-refractivity contribution in [3.63, 3.8) is 0 Å². The van der Waals surface area contributed by atoms with E-state index >= 15 is 0 Å². The summed E-state index contributed by atoms with van der Waals surface area (Å²) in [7, 11) is 0. The standard InChI is InChI=1S/C16H15IN2OS/c18-7-8-21-10-16(20)19-11-5-6-13-12-3-1-2-4-14(12)17-15(13)9-11/h1-6,9H,7-8,10,18H2/p+1. The van der Waals surface area contributed by atoms with Crippen LogP contribution in [-0.2, 0) is 4.79 Å². The zero-order chi connectivity index (χ0) is 14.7. The molecule has 5 heteroatoms. The first kappa shape index (κ1) is 14.9. The van der Waals surface area contributed by atoms with E-state index in [1.807, 2.05) is 6.08 Å². The zero-order valence-electron chi connectivity index (χ0n) is 11.5. The molecule has 0 aromatic heterocycles. The first-order chi connectivity index (χ1) is 10.3. The van der Waals surface area contributed by atoms with Gasteiger partial charge in [-0.15, -0.1) is 11.8 Å². The average Bonchev–Trinajstić information content (AvgIpc) is 2.85. The van der Waals surface area contributed by atoms with Crippen LogP contribution in [0.2, 0.25) is 0 Å². The van der Waals surface area contributed by atoms with Crippen LogP contribution in [0.1, 0.15) is 0 Å². The fraction of sp³-hybridized carbons (Fsp3) is 0.188. The van der Waals surface area contributed by atoms with Crippen molar-refractivity contribution in [1.29, 1.82) is 0 Å². The predicted molar refractivity (Wildman–Crippen MR) is 97.1 cm³/mol. The Bertz CT molecular complexity index is 793. The van der Waals surface area contributed by atoms with Gasteiger partial charge in [0.1, 0.15) is 0 Å². The van der Waals surface area contributed by atoms with Gasteiger partial charge in [0.25, 0.3) is 5.91 Å². The lowest BCUT2D eigenvalue weighted by molar-refractivity contribution is -0.360. The molecule has 0 fully saturated rings. The van der Waals surface area contributed by atoms with Crippen molar-refractivity contribution in [3.05, 3.63) is 54.4 Å². The molecule has 0 unspecified atom stereocenters. The molecule has 0 spiro atoms. The Morgan fingerprint density at radius 1 is 1.29 bits per heavy atom. The van der Waals surface area contributed by atoms with Gasteiger partial charge in [-0.1, -0.05) is 45.0 Å². The van der Waals surface area contributed by atoms with Crippen molar-refractivity contribution in [3.8, 4) is 0 Å². The molecule has 1 aromatic rings. The van der Waals surface area contributed by atoms with Gasteiger partial charge in [0.05, 0.1) is 18.0 Å². The van der Waals surface area contributed by atoms with Crippen molar-refractivity contribution in [2.45, 2.75) is 0 Å². The molecular weight excluding hydrogens is 395 g/mol. The maximum atomic E-state index is 11.8. The number of fused-ring (bicyclic) bond motifs is 2. The van der Waals surface area contributed by atoms with Gasteiger partial charge in [0.15, 0.2) is 0 Å². The van der Waals surface area contributed by atoms with Crippen LogP contribution in [0.3, 0.4) is 0 Å². The number of benzene rings is 1. The Labute approximate surface area is 137 Å². The highest BCUT2D eigenvalue weighted by Gasteiger charge is 2.14. The second-order valence-electron chi connectivity index (χ2n) is 4.65. The summed E-state index contributed by atoms with van der Waals surface area (Å²) in [6.07, 6.45) is 6.15. The molecule has 3 N–H and O–H groups in total. The highest BCUT2D eigenvalue weighted by molar-refractivity contribution is 14.2. The van der Waals surface area contributed by atoms with Crippen LogP contribution in [0.5, 0.6) is 0 Å². The predicted octanol–water partition coefficient (Wildman–Crippen LogP) is 1.47. The van der Waals surface area contributed by atoms with Gasteiger partial charge < -0.3 is 5.73 Å². The number of aliphatic imine (C=N–C) groups is 1. The summed E-state index contributed by atoms with van der Waals surface area (Å²) >= 11 is 1.46. The highest BCUT2D eigenvalue weighted by atomic mass is 127. The van der Waals surface area contributed by atoms with Crippen LogP contribution in [0.25, 0.3) is 5.57 Å². The van der Waals surface area contributed by atoms with Gasteiger partial charge in [-0.2, -0.15) is 0 Å². The number of carbonyl (C=O) groups excluding carboxylic acids is 1. The number of amides is 1. The van der Waals surface area contributed by atoms with E-state index in [1.54, 1.807) is 11.8 Å². The molecule has 3 nitrogen and oxygen atoms in total. The summed E-state index contributed by atoms with van der Waals surface area (Å²) in [5, 5.41) is 1.35. The van der Waals surface area contributed by atoms with E-state index in [9.17, 15) is 4.79 Å². The molecule has 0 saturated heterocycles. The molecule has 0 saturated carbocycles. The molecule has 0 atom stereocenters. The molecule has 0 bridgehead atoms. The minimum absolute atomic E-state index is 0.0536. The average molecular weight is 411 g/mol. The number of hydrogen-bond acceptors (Lipinski definition) is 2. The first-order valence-corrected chi connectivity index (χ1v) is 10.1. The topological polar surface area (TPSA) is 57.1 Å². The Balaban J connectivity index is 1.82. The number of thioether (sulfide) groups is 1. The largest absolute Gasteiger partial charge is 0.357 e. The molecule has 2 aliphatic rings. The molecule has 1 amide bonds. The Morgan fingerprint density at radius 2 is 2.14 bits per heavy atom. The van der Waals surface area contributed by atoms with E-state index in [2.05, 4.69) is 47.1 Å². The number of halogens is 1. The summed E-state index contributed by atoms with van der Waals surface area (Å²) in [4.78, 5) is 16.0. The quantitative estimate of drug-likeness (QED) is 0.603. The molecule has 1 aromatic carbocycles. The molecular formula is C16H16IN2OS+. The number of carbonyl (C=O) groups is 1. The third-order valence-electron chi connectivity index (χ3n) is 3.09. The van der Waals surface area contributed by atoms with Gasteiger partial charge in [0, 0.05) is 12.5 Å². The molecule has 108 valence electrons. The number of allylic oxidation sites excluding steroid dienone is 4. The molecule has 1 aliphatic heterocycles. The van der Waals surface area contributed by atoms with Crippen LogP contribution in [0.4, 0.5) is 0 Å². The Hall–Kier alpha value is -1.05. The van der Waals surface area contributed by atoms with Gasteiger partial charge in [-0.3, -0.25) is 4.79 Å². The molecule has 21 heavy (non-hydrogen) atoms. The van der Waals surface area contributed by atoms with E-state index in [-0.39, 0.29) is 26.6 Å². The van der Waals surface area contributed by atoms with E-state index < -0.39 is 0 Å². The van der Waals surface area contributed by atoms with Gasteiger partial charge in [-0.25, -0.2) is 4.99 Å².